The van der Waals surface area contributed by atoms with Crippen molar-refractivity contribution in [2.45, 2.75) is 45.2 Å². The molecule has 0 fully saturated rings. The lowest BCUT2D eigenvalue weighted by atomic mass is 9.92. The molecule has 1 N–H and O–H groups in total. The van der Waals surface area contributed by atoms with Crippen LogP contribution in [0.15, 0.2) is 9.85 Å². The maximum absolute atomic E-state index is 11.9. The van der Waals surface area contributed by atoms with E-state index in [1.807, 2.05) is 13.8 Å². The number of aryl methyl sites for hydroxylation is 1. The van der Waals surface area contributed by atoms with E-state index >= 15 is 0 Å². The maximum Gasteiger partial charge on any atom is 0.323 e. The molecule has 1 aromatic rings. The minimum Gasteiger partial charge on any atom is -0.468 e. The van der Waals surface area contributed by atoms with Crippen molar-refractivity contribution in [3.63, 3.8) is 0 Å². The molecule has 0 saturated carbocycles. The first kappa shape index (κ1) is 15.0. The van der Waals surface area contributed by atoms with Crippen LogP contribution >= 0.6 is 27.3 Å². The van der Waals surface area contributed by atoms with Crippen molar-refractivity contribution in [1.82, 2.24) is 5.32 Å². The Labute approximate surface area is 126 Å². The molecule has 0 amide bonds. The highest BCUT2D eigenvalue weighted by molar-refractivity contribution is 9.11. The number of thiophene rings is 1. The Bertz CT molecular complexity index is 458. The van der Waals surface area contributed by atoms with E-state index in [0.29, 0.717) is 0 Å². The molecule has 1 aliphatic rings. The fourth-order valence-corrected chi connectivity index (χ4v) is 4.39. The van der Waals surface area contributed by atoms with Gasteiger partial charge in [-0.15, -0.1) is 11.3 Å². The number of carbonyl (C=O) groups excluding carboxylic acids is 1. The van der Waals surface area contributed by atoms with Crippen molar-refractivity contribution in [2.75, 3.05) is 7.11 Å². The van der Waals surface area contributed by atoms with Crippen molar-refractivity contribution in [3.8, 4) is 0 Å². The summed E-state index contributed by atoms with van der Waals surface area (Å²) in [6.45, 7) is 4.09. The second kappa shape index (κ2) is 6.37. The van der Waals surface area contributed by atoms with E-state index in [1.54, 1.807) is 11.3 Å². The standard InChI is InChI=1S/C14H20BrNO2S/c1-8(2)13(14(17)18-3)16-10-5-4-6-11-9(10)7-12(15)19-11/h7-8,10,13,16H,4-6H2,1-3H3/t10?,13-/m0/s1. The third kappa shape index (κ3) is 3.38. The Morgan fingerprint density at radius 1 is 1.58 bits per heavy atom. The summed E-state index contributed by atoms with van der Waals surface area (Å²) in [6, 6.07) is 2.21. The van der Waals surface area contributed by atoms with Crippen LogP contribution in [0.25, 0.3) is 0 Å². The van der Waals surface area contributed by atoms with Gasteiger partial charge in [-0.3, -0.25) is 10.1 Å². The number of fused-ring (bicyclic) bond motifs is 1. The van der Waals surface area contributed by atoms with E-state index in [-0.39, 0.29) is 24.0 Å². The van der Waals surface area contributed by atoms with Crippen molar-refractivity contribution in [1.29, 1.82) is 0 Å². The average Bonchev–Trinajstić information content (AvgIpc) is 2.75. The van der Waals surface area contributed by atoms with Crippen LogP contribution in [0.5, 0.6) is 0 Å². The highest BCUT2D eigenvalue weighted by Crippen LogP contribution is 2.38. The third-order valence-corrected chi connectivity index (χ3v) is 5.30. The van der Waals surface area contributed by atoms with Gasteiger partial charge in [0.2, 0.25) is 0 Å². The number of esters is 1. The zero-order valence-electron chi connectivity index (χ0n) is 11.5. The highest BCUT2D eigenvalue weighted by Gasteiger charge is 2.29. The zero-order chi connectivity index (χ0) is 14.0. The molecule has 0 spiro atoms. The summed E-state index contributed by atoms with van der Waals surface area (Å²) in [5, 5.41) is 3.49. The van der Waals surface area contributed by atoms with Crippen LogP contribution in [0.3, 0.4) is 0 Å². The monoisotopic (exact) mass is 345 g/mol. The molecule has 19 heavy (non-hydrogen) atoms. The lowest BCUT2D eigenvalue weighted by Gasteiger charge is -2.29. The van der Waals surface area contributed by atoms with Crippen LogP contribution in [0.2, 0.25) is 0 Å². The molecule has 0 aromatic carbocycles. The predicted molar refractivity (Wildman–Crippen MR) is 81.5 cm³/mol. The maximum atomic E-state index is 11.9. The van der Waals surface area contributed by atoms with Crippen LogP contribution in [0.1, 0.15) is 43.2 Å². The Morgan fingerprint density at radius 3 is 2.95 bits per heavy atom. The molecule has 106 valence electrons. The molecule has 1 unspecified atom stereocenters. The zero-order valence-corrected chi connectivity index (χ0v) is 13.9. The number of carbonyl (C=O) groups is 1. The van der Waals surface area contributed by atoms with Gasteiger partial charge in [-0.05, 0) is 52.7 Å². The van der Waals surface area contributed by atoms with E-state index in [4.69, 9.17) is 4.74 Å². The smallest absolute Gasteiger partial charge is 0.323 e. The number of methoxy groups -OCH3 is 1. The molecule has 5 heteroatoms. The van der Waals surface area contributed by atoms with Crippen LogP contribution < -0.4 is 5.32 Å². The second-order valence-electron chi connectivity index (χ2n) is 5.29. The summed E-state index contributed by atoms with van der Waals surface area (Å²) in [5.41, 5.74) is 1.35. The SMILES string of the molecule is COC(=O)[C@@H](NC1CCCc2sc(Br)cc21)C(C)C. The molecule has 2 atom stereocenters. The molecule has 1 heterocycles. The lowest BCUT2D eigenvalue weighted by Crippen LogP contribution is -2.44. The van der Waals surface area contributed by atoms with Gasteiger partial charge < -0.3 is 4.74 Å². The fraction of sp³-hybridized carbons (Fsp3) is 0.643. The van der Waals surface area contributed by atoms with Crippen molar-refractivity contribution in [2.24, 2.45) is 5.92 Å². The van der Waals surface area contributed by atoms with Gasteiger partial charge in [0.25, 0.3) is 0 Å². The highest BCUT2D eigenvalue weighted by atomic mass is 79.9. The topological polar surface area (TPSA) is 38.3 Å². The van der Waals surface area contributed by atoms with E-state index in [9.17, 15) is 4.79 Å². The minimum atomic E-state index is -0.236. The number of hydrogen-bond acceptors (Lipinski definition) is 4. The lowest BCUT2D eigenvalue weighted by molar-refractivity contribution is -0.144. The summed E-state index contributed by atoms with van der Waals surface area (Å²) < 4.78 is 6.07. The molecule has 2 rings (SSSR count). The Hall–Kier alpha value is -0.390. The Morgan fingerprint density at radius 2 is 2.32 bits per heavy atom. The summed E-state index contributed by atoms with van der Waals surface area (Å²) >= 11 is 5.36. The molecule has 0 bridgehead atoms. The normalized spacial score (nSPS) is 20.2. The molecule has 3 nitrogen and oxygen atoms in total. The summed E-state index contributed by atoms with van der Waals surface area (Å²) in [5.74, 6) is 0.0521. The van der Waals surface area contributed by atoms with Crippen molar-refractivity contribution >= 4 is 33.2 Å². The molecule has 0 radical (unpaired) electrons. The van der Waals surface area contributed by atoms with E-state index in [1.165, 1.54) is 27.8 Å². The van der Waals surface area contributed by atoms with E-state index in [0.717, 1.165) is 12.8 Å². The summed E-state index contributed by atoms with van der Waals surface area (Å²) in [4.78, 5) is 13.3. The predicted octanol–water partition coefficient (Wildman–Crippen LogP) is 3.68. The van der Waals surface area contributed by atoms with Crippen LogP contribution in [0.4, 0.5) is 0 Å². The quantitative estimate of drug-likeness (QED) is 0.846. The van der Waals surface area contributed by atoms with Gasteiger partial charge in [-0.1, -0.05) is 13.8 Å². The summed E-state index contributed by atoms with van der Waals surface area (Å²) in [7, 11) is 1.45. The average molecular weight is 346 g/mol. The van der Waals surface area contributed by atoms with Crippen molar-refractivity contribution in [3.05, 3.63) is 20.3 Å². The first-order valence-corrected chi connectivity index (χ1v) is 8.26. The summed E-state index contributed by atoms with van der Waals surface area (Å²) in [6.07, 6.45) is 3.40. The Kier molecular flexibility index (Phi) is 5.03. The Balaban J connectivity index is 2.16. The first-order chi connectivity index (χ1) is 9.02. The molecular weight excluding hydrogens is 326 g/mol. The van der Waals surface area contributed by atoms with Gasteiger partial charge >= 0.3 is 5.97 Å². The first-order valence-electron chi connectivity index (χ1n) is 6.65. The number of hydrogen-bond donors (Lipinski definition) is 1. The van der Waals surface area contributed by atoms with Gasteiger partial charge in [0.15, 0.2) is 0 Å². The number of ether oxygens (including phenoxy) is 1. The molecule has 0 aliphatic heterocycles. The van der Waals surface area contributed by atoms with Gasteiger partial charge in [0.1, 0.15) is 6.04 Å². The molecule has 1 aromatic heterocycles. The third-order valence-electron chi connectivity index (χ3n) is 3.59. The molecular formula is C14H20BrNO2S. The largest absolute Gasteiger partial charge is 0.468 e. The van der Waals surface area contributed by atoms with Gasteiger partial charge in [0, 0.05) is 10.9 Å². The minimum absolute atomic E-state index is 0.170. The van der Waals surface area contributed by atoms with Crippen LogP contribution in [-0.2, 0) is 16.0 Å². The number of nitrogens with one attached hydrogen (secondary N) is 1. The molecule has 0 saturated heterocycles. The number of halogens is 1. The van der Waals surface area contributed by atoms with E-state index < -0.39 is 0 Å². The van der Waals surface area contributed by atoms with Gasteiger partial charge in [-0.25, -0.2) is 0 Å². The van der Waals surface area contributed by atoms with Gasteiger partial charge in [-0.2, -0.15) is 0 Å². The van der Waals surface area contributed by atoms with Crippen LogP contribution in [-0.4, -0.2) is 19.1 Å². The second-order valence-corrected chi connectivity index (χ2v) is 7.80. The molecule has 1 aliphatic carbocycles. The van der Waals surface area contributed by atoms with Crippen molar-refractivity contribution < 1.29 is 9.53 Å². The number of rotatable bonds is 4. The van der Waals surface area contributed by atoms with E-state index in [2.05, 4.69) is 27.3 Å². The van der Waals surface area contributed by atoms with Gasteiger partial charge in [0.05, 0.1) is 10.9 Å². The fourth-order valence-electron chi connectivity index (χ4n) is 2.57. The van der Waals surface area contributed by atoms with Crippen LogP contribution in [0, 0.1) is 5.92 Å².